The number of aliphatic imine (C=N–C) groups is 1. The third kappa shape index (κ3) is 5.04. The number of hydrogen-bond donors (Lipinski definition) is 1. The normalized spacial score (nSPS) is 11.4. The zero-order chi connectivity index (χ0) is 12.7. The molecule has 0 spiro atoms. The van der Waals surface area contributed by atoms with Crippen molar-refractivity contribution in [3.8, 4) is 0 Å². The zero-order valence-corrected chi connectivity index (χ0v) is 11.3. The Morgan fingerprint density at radius 3 is 2.76 bits per heavy atom. The van der Waals surface area contributed by atoms with E-state index in [0.29, 0.717) is 5.15 Å². The monoisotopic (exact) mass is 254 g/mol. The Balaban J connectivity index is 2.49. The predicted octanol–water partition coefficient (Wildman–Crippen LogP) is 1.80. The first kappa shape index (κ1) is 13.8. The molecule has 1 heterocycles. The summed E-state index contributed by atoms with van der Waals surface area (Å²) in [6, 6.07) is 3.78. The van der Waals surface area contributed by atoms with E-state index in [1.165, 1.54) is 0 Å². The lowest BCUT2D eigenvalue weighted by atomic mass is 10.2. The van der Waals surface area contributed by atoms with Crippen LogP contribution in [0.1, 0.15) is 12.5 Å². The third-order valence-corrected chi connectivity index (χ3v) is 2.43. The first-order valence-corrected chi connectivity index (χ1v) is 6.07. The SMILES string of the molecule is CCNC(=NCCc1ccc(Cl)nc1)N(C)C. The fraction of sp³-hybridized carbons (Fsp3) is 0.500. The van der Waals surface area contributed by atoms with Crippen molar-refractivity contribution in [3.63, 3.8) is 0 Å². The van der Waals surface area contributed by atoms with Crippen LogP contribution in [0.2, 0.25) is 5.15 Å². The van der Waals surface area contributed by atoms with Gasteiger partial charge in [-0.05, 0) is 25.0 Å². The van der Waals surface area contributed by atoms with Gasteiger partial charge in [0.05, 0.1) is 0 Å². The summed E-state index contributed by atoms with van der Waals surface area (Å²) in [6.07, 6.45) is 2.66. The van der Waals surface area contributed by atoms with E-state index < -0.39 is 0 Å². The topological polar surface area (TPSA) is 40.5 Å². The van der Waals surface area contributed by atoms with Crippen LogP contribution in [-0.2, 0) is 6.42 Å². The molecular formula is C12H19ClN4. The van der Waals surface area contributed by atoms with Crippen LogP contribution >= 0.6 is 11.6 Å². The van der Waals surface area contributed by atoms with Gasteiger partial charge >= 0.3 is 0 Å². The van der Waals surface area contributed by atoms with E-state index in [4.69, 9.17) is 11.6 Å². The van der Waals surface area contributed by atoms with Gasteiger partial charge in [0.15, 0.2) is 5.96 Å². The molecule has 94 valence electrons. The lowest BCUT2D eigenvalue weighted by molar-refractivity contribution is 0.583. The molecule has 0 unspecified atom stereocenters. The molecule has 0 aromatic carbocycles. The maximum Gasteiger partial charge on any atom is 0.193 e. The smallest absolute Gasteiger partial charge is 0.193 e. The molecule has 0 aliphatic rings. The van der Waals surface area contributed by atoms with Crippen molar-refractivity contribution in [2.24, 2.45) is 4.99 Å². The van der Waals surface area contributed by atoms with Crippen molar-refractivity contribution in [1.29, 1.82) is 0 Å². The van der Waals surface area contributed by atoms with E-state index in [9.17, 15) is 0 Å². The molecule has 4 nitrogen and oxygen atoms in total. The fourth-order valence-corrected chi connectivity index (χ4v) is 1.47. The highest BCUT2D eigenvalue weighted by Gasteiger charge is 1.99. The van der Waals surface area contributed by atoms with E-state index in [0.717, 1.165) is 31.0 Å². The van der Waals surface area contributed by atoms with Crippen molar-refractivity contribution in [2.75, 3.05) is 27.2 Å². The van der Waals surface area contributed by atoms with Crippen LogP contribution in [0.25, 0.3) is 0 Å². The van der Waals surface area contributed by atoms with Gasteiger partial charge in [0.2, 0.25) is 0 Å². The summed E-state index contributed by atoms with van der Waals surface area (Å²) in [7, 11) is 3.96. The average molecular weight is 255 g/mol. The lowest BCUT2D eigenvalue weighted by Crippen LogP contribution is -2.36. The molecule has 0 fully saturated rings. The Morgan fingerprint density at radius 1 is 1.47 bits per heavy atom. The predicted molar refractivity (Wildman–Crippen MR) is 72.6 cm³/mol. The maximum absolute atomic E-state index is 5.72. The number of nitrogens with zero attached hydrogens (tertiary/aromatic N) is 3. The van der Waals surface area contributed by atoms with Crippen molar-refractivity contribution < 1.29 is 0 Å². The number of hydrogen-bond acceptors (Lipinski definition) is 2. The van der Waals surface area contributed by atoms with E-state index >= 15 is 0 Å². The maximum atomic E-state index is 5.72. The Bertz CT molecular complexity index is 359. The van der Waals surface area contributed by atoms with Crippen molar-refractivity contribution in [1.82, 2.24) is 15.2 Å². The van der Waals surface area contributed by atoms with Crippen LogP contribution in [0.5, 0.6) is 0 Å². The first-order chi connectivity index (χ1) is 8.13. The molecule has 0 bridgehead atoms. The second-order valence-electron chi connectivity index (χ2n) is 3.87. The Morgan fingerprint density at radius 2 is 2.24 bits per heavy atom. The van der Waals surface area contributed by atoms with Gasteiger partial charge < -0.3 is 10.2 Å². The number of guanidine groups is 1. The minimum Gasteiger partial charge on any atom is -0.357 e. The first-order valence-electron chi connectivity index (χ1n) is 5.69. The number of aromatic nitrogens is 1. The molecule has 0 aliphatic carbocycles. The third-order valence-electron chi connectivity index (χ3n) is 2.21. The highest BCUT2D eigenvalue weighted by atomic mass is 35.5. The van der Waals surface area contributed by atoms with Crippen molar-refractivity contribution in [2.45, 2.75) is 13.3 Å². The Hall–Kier alpha value is -1.29. The van der Waals surface area contributed by atoms with Gasteiger partial charge in [0.25, 0.3) is 0 Å². The number of rotatable bonds is 4. The summed E-state index contributed by atoms with van der Waals surface area (Å²) in [5.74, 6) is 0.912. The largest absolute Gasteiger partial charge is 0.357 e. The summed E-state index contributed by atoms with van der Waals surface area (Å²) in [5.41, 5.74) is 1.15. The highest BCUT2D eigenvalue weighted by molar-refractivity contribution is 6.29. The van der Waals surface area contributed by atoms with Gasteiger partial charge in [-0.1, -0.05) is 17.7 Å². The van der Waals surface area contributed by atoms with E-state index in [2.05, 4.69) is 22.2 Å². The lowest BCUT2D eigenvalue weighted by Gasteiger charge is -2.16. The molecule has 1 N–H and O–H groups in total. The van der Waals surface area contributed by atoms with Gasteiger partial charge in [-0.25, -0.2) is 4.98 Å². The second kappa shape index (κ2) is 7.12. The Kier molecular flexibility index (Phi) is 5.77. The summed E-state index contributed by atoms with van der Waals surface area (Å²) in [4.78, 5) is 10.5. The molecule has 1 aromatic heterocycles. The number of pyridine rings is 1. The molecule has 0 saturated carbocycles. The molecule has 0 radical (unpaired) electrons. The van der Waals surface area contributed by atoms with E-state index in [1.807, 2.05) is 25.1 Å². The van der Waals surface area contributed by atoms with E-state index in [1.54, 1.807) is 12.3 Å². The molecule has 0 aliphatic heterocycles. The van der Waals surface area contributed by atoms with Crippen LogP contribution in [0.4, 0.5) is 0 Å². The number of halogens is 1. The number of nitrogens with one attached hydrogen (secondary N) is 1. The van der Waals surface area contributed by atoms with Gasteiger partial charge in [0, 0.05) is 33.4 Å². The molecule has 1 aromatic rings. The molecule has 1 rings (SSSR count). The molecule has 0 amide bonds. The van der Waals surface area contributed by atoms with Crippen molar-refractivity contribution in [3.05, 3.63) is 29.0 Å². The van der Waals surface area contributed by atoms with Gasteiger partial charge in [-0.2, -0.15) is 0 Å². The van der Waals surface area contributed by atoms with Crippen LogP contribution < -0.4 is 5.32 Å². The zero-order valence-electron chi connectivity index (χ0n) is 10.6. The van der Waals surface area contributed by atoms with Crippen LogP contribution in [-0.4, -0.2) is 43.0 Å². The average Bonchev–Trinajstić information content (AvgIpc) is 2.30. The Labute approximate surface area is 108 Å². The van der Waals surface area contributed by atoms with Crippen molar-refractivity contribution >= 4 is 17.6 Å². The molecule has 17 heavy (non-hydrogen) atoms. The molecule has 0 atom stereocenters. The summed E-state index contributed by atoms with van der Waals surface area (Å²) < 4.78 is 0. The minimum atomic E-state index is 0.527. The van der Waals surface area contributed by atoms with Gasteiger partial charge in [-0.15, -0.1) is 0 Å². The fourth-order valence-electron chi connectivity index (χ4n) is 1.36. The quantitative estimate of drug-likeness (QED) is 0.506. The molecule has 0 saturated heterocycles. The highest BCUT2D eigenvalue weighted by Crippen LogP contribution is 2.05. The second-order valence-corrected chi connectivity index (χ2v) is 4.26. The van der Waals surface area contributed by atoms with Crippen LogP contribution in [0.15, 0.2) is 23.3 Å². The van der Waals surface area contributed by atoms with E-state index in [-0.39, 0.29) is 0 Å². The van der Waals surface area contributed by atoms with Crippen LogP contribution in [0, 0.1) is 0 Å². The van der Waals surface area contributed by atoms with Gasteiger partial charge in [-0.3, -0.25) is 4.99 Å². The standard InChI is InChI=1S/C12H19ClN4/c1-4-14-12(17(2)3)15-8-7-10-5-6-11(13)16-9-10/h5-6,9H,4,7-8H2,1-3H3,(H,14,15). The van der Waals surface area contributed by atoms with Gasteiger partial charge in [0.1, 0.15) is 5.15 Å². The summed E-state index contributed by atoms with van der Waals surface area (Å²) >= 11 is 5.72. The molecule has 5 heteroatoms. The molecular weight excluding hydrogens is 236 g/mol. The van der Waals surface area contributed by atoms with Crippen LogP contribution in [0.3, 0.4) is 0 Å². The minimum absolute atomic E-state index is 0.527. The summed E-state index contributed by atoms with van der Waals surface area (Å²) in [5, 5.41) is 3.74. The summed E-state index contributed by atoms with van der Waals surface area (Å²) in [6.45, 7) is 3.67.